The van der Waals surface area contributed by atoms with E-state index in [0.717, 1.165) is 24.4 Å². The first-order valence-corrected chi connectivity index (χ1v) is 10.8. The SMILES string of the molecule is NCCOc1cccc(-c2ccnc(CNCC[C@H]3CN(C4=NC=CCC4)C(=O)O3)n2)n1. The van der Waals surface area contributed by atoms with E-state index < -0.39 is 0 Å². The van der Waals surface area contributed by atoms with Crippen LogP contribution in [-0.4, -0.2) is 64.1 Å². The quantitative estimate of drug-likeness (QED) is 0.569. The third-order valence-electron chi connectivity index (χ3n) is 5.03. The van der Waals surface area contributed by atoms with E-state index in [2.05, 4.69) is 25.3 Å². The zero-order valence-corrected chi connectivity index (χ0v) is 17.8. The summed E-state index contributed by atoms with van der Waals surface area (Å²) in [4.78, 5) is 31.4. The van der Waals surface area contributed by atoms with E-state index in [0.29, 0.717) is 56.6 Å². The normalized spacial score (nSPS) is 17.9. The van der Waals surface area contributed by atoms with Crippen molar-refractivity contribution in [1.82, 2.24) is 25.2 Å². The number of pyridine rings is 1. The molecular weight excluding hydrogens is 410 g/mol. The van der Waals surface area contributed by atoms with Gasteiger partial charge in [-0.3, -0.25) is 4.90 Å². The second-order valence-corrected chi connectivity index (χ2v) is 7.41. The molecule has 0 bridgehead atoms. The highest BCUT2D eigenvalue weighted by atomic mass is 16.6. The van der Waals surface area contributed by atoms with Crippen LogP contribution in [0.3, 0.4) is 0 Å². The van der Waals surface area contributed by atoms with Crippen LogP contribution in [-0.2, 0) is 11.3 Å². The summed E-state index contributed by atoms with van der Waals surface area (Å²) < 4.78 is 11.0. The van der Waals surface area contributed by atoms with Gasteiger partial charge < -0.3 is 20.5 Å². The molecule has 1 amide bonds. The van der Waals surface area contributed by atoms with Gasteiger partial charge in [0.2, 0.25) is 5.88 Å². The molecule has 0 aliphatic carbocycles. The first kappa shape index (κ1) is 21.8. The van der Waals surface area contributed by atoms with Gasteiger partial charge in [-0.2, -0.15) is 0 Å². The number of carbonyl (C=O) groups excluding carboxylic acids is 1. The summed E-state index contributed by atoms with van der Waals surface area (Å²) in [5.74, 6) is 1.96. The van der Waals surface area contributed by atoms with Crippen LogP contribution in [0.25, 0.3) is 11.4 Å². The zero-order chi connectivity index (χ0) is 22.2. The number of hydrogen-bond donors (Lipinski definition) is 2. The van der Waals surface area contributed by atoms with Crippen molar-refractivity contribution in [2.75, 3.05) is 26.2 Å². The summed E-state index contributed by atoms with van der Waals surface area (Å²) in [5.41, 5.74) is 6.91. The molecule has 0 radical (unpaired) electrons. The molecule has 2 aromatic rings. The Hall–Kier alpha value is -3.37. The van der Waals surface area contributed by atoms with Gasteiger partial charge in [-0.1, -0.05) is 12.1 Å². The highest BCUT2D eigenvalue weighted by Crippen LogP contribution is 2.19. The first-order chi connectivity index (χ1) is 15.7. The van der Waals surface area contributed by atoms with Crippen molar-refractivity contribution in [2.24, 2.45) is 10.7 Å². The van der Waals surface area contributed by atoms with Gasteiger partial charge in [0.1, 0.15) is 24.4 Å². The largest absolute Gasteiger partial charge is 0.476 e. The van der Waals surface area contributed by atoms with Crippen LogP contribution in [0.2, 0.25) is 0 Å². The van der Waals surface area contributed by atoms with E-state index in [-0.39, 0.29) is 12.2 Å². The molecule has 2 aliphatic heterocycles. The average Bonchev–Trinajstić information content (AvgIpc) is 3.22. The van der Waals surface area contributed by atoms with Crippen LogP contribution in [0.1, 0.15) is 25.1 Å². The minimum absolute atomic E-state index is 0.156. The summed E-state index contributed by atoms with van der Waals surface area (Å²) in [6.07, 6.45) is 7.34. The molecule has 4 rings (SSSR count). The van der Waals surface area contributed by atoms with Crippen molar-refractivity contribution in [3.63, 3.8) is 0 Å². The maximum atomic E-state index is 12.1. The van der Waals surface area contributed by atoms with Crippen LogP contribution in [0.4, 0.5) is 4.79 Å². The maximum Gasteiger partial charge on any atom is 0.415 e. The fraction of sp³-hybridized carbons (Fsp3) is 0.409. The molecule has 1 saturated heterocycles. The molecule has 0 spiro atoms. The average molecular weight is 438 g/mol. The molecule has 1 atom stereocenters. The summed E-state index contributed by atoms with van der Waals surface area (Å²) in [7, 11) is 0. The molecule has 0 aromatic carbocycles. The number of amides is 1. The third-order valence-corrected chi connectivity index (χ3v) is 5.03. The summed E-state index contributed by atoms with van der Waals surface area (Å²) in [6, 6.07) is 7.35. The first-order valence-electron chi connectivity index (χ1n) is 10.8. The van der Waals surface area contributed by atoms with Gasteiger partial charge in [0.05, 0.1) is 24.5 Å². The molecule has 3 N–H and O–H groups in total. The summed E-state index contributed by atoms with van der Waals surface area (Å²) in [6.45, 7) is 2.55. The Balaban J connectivity index is 1.26. The number of nitrogens with zero attached hydrogens (tertiary/aromatic N) is 5. The monoisotopic (exact) mass is 437 g/mol. The smallest absolute Gasteiger partial charge is 0.415 e. The van der Waals surface area contributed by atoms with Gasteiger partial charge in [0.25, 0.3) is 0 Å². The minimum Gasteiger partial charge on any atom is -0.476 e. The van der Waals surface area contributed by atoms with Gasteiger partial charge in [0, 0.05) is 31.4 Å². The number of ether oxygens (including phenoxy) is 2. The molecule has 10 nitrogen and oxygen atoms in total. The van der Waals surface area contributed by atoms with Crippen molar-refractivity contribution >= 4 is 11.9 Å². The fourth-order valence-electron chi connectivity index (χ4n) is 3.47. The summed E-state index contributed by atoms with van der Waals surface area (Å²) >= 11 is 0. The number of nitrogens with one attached hydrogen (secondary N) is 1. The zero-order valence-electron chi connectivity index (χ0n) is 17.8. The maximum absolute atomic E-state index is 12.1. The highest BCUT2D eigenvalue weighted by Gasteiger charge is 2.33. The van der Waals surface area contributed by atoms with Crippen molar-refractivity contribution in [2.45, 2.75) is 31.9 Å². The molecule has 0 saturated carbocycles. The lowest BCUT2D eigenvalue weighted by Crippen LogP contribution is -2.33. The van der Waals surface area contributed by atoms with Crippen LogP contribution >= 0.6 is 0 Å². The second kappa shape index (κ2) is 10.8. The second-order valence-electron chi connectivity index (χ2n) is 7.41. The Labute approximate surface area is 186 Å². The van der Waals surface area contributed by atoms with Crippen molar-refractivity contribution in [3.8, 4) is 17.3 Å². The third kappa shape index (κ3) is 5.65. The van der Waals surface area contributed by atoms with Crippen LogP contribution in [0, 0.1) is 0 Å². The molecule has 10 heteroatoms. The van der Waals surface area contributed by atoms with Crippen LogP contribution < -0.4 is 15.8 Å². The van der Waals surface area contributed by atoms with Crippen LogP contribution in [0.5, 0.6) is 5.88 Å². The summed E-state index contributed by atoms with van der Waals surface area (Å²) in [5, 5.41) is 3.32. The van der Waals surface area contributed by atoms with Crippen molar-refractivity contribution < 1.29 is 14.3 Å². The van der Waals surface area contributed by atoms with Crippen molar-refractivity contribution in [1.29, 1.82) is 0 Å². The molecule has 0 unspecified atom stereocenters. The Kier molecular flexibility index (Phi) is 7.36. The number of cyclic esters (lactones) is 1. The molecule has 4 heterocycles. The van der Waals surface area contributed by atoms with Gasteiger partial charge in [-0.25, -0.2) is 24.7 Å². The Morgan fingerprint density at radius 3 is 3.00 bits per heavy atom. The Bertz CT molecular complexity index is 995. The lowest BCUT2D eigenvalue weighted by molar-refractivity contribution is 0.132. The fourth-order valence-corrected chi connectivity index (χ4v) is 3.47. The van der Waals surface area contributed by atoms with Gasteiger partial charge in [-0.15, -0.1) is 0 Å². The topological polar surface area (TPSA) is 128 Å². The van der Waals surface area contributed by atoms with Gasteiger partial charge in [0.15, 0.2) is 0 Å². The number of carbonyl (C=O) groups is 1. The predicted octanol–water partition coefficient (Wildman–Crippen LogP) is 1.88. The predicted molar refractivity (Wildman–Crippen MR) is 119 cm³/mol. The van der Waals surface area contributed by atoms with E-state index in [1.165, 1.54) is 0 Å². The molecular formula is C22H27N7O3. The van der Waals surface area contributed by atoms with E-state index in [1.54, 1.807) is 23.4 Å². The number of aliphatic imine (C=N–C) groups is 1. The standard InChI is InChI=1S/C22H27N7O3/c23-9-13-31-21-6-3-4-17(28-21)18-8-12-25-19(27-18)14-24-11-7-16-15-29(22(30)32-16)20-5-1-2-10-26-20/h2-4,6,8,10,12,16,24H,1,5,7,9,11,13-15,23H2/t16-/m0/s1. The van der Waals surface area contributed by atoms with E-state index in [9.17, 15) is 4.79 Å². The number of allylic oxidation sites excluding steroid dienone is 1. The number of aromatic nitrogens is 3. The number of amidine groups is 1. The van der Waals surface area contributed by atoms with Gasteiger partial charge >= 0.3 is 6.09 Å². The molecule has 2 aromatic heterocycles. The number of nitrogens with two attached hydrogens (primary N) is 1. The molecule has 1 fully saturated rings. The highest BCUT2D eigenvalue weighted by molar-refractivity contribution is 5.97. The number of hydrogen-bond acceptors (Lipinski definition) is 9. The molecule has 2 aliphatic rings. The van der Waals surface area contributed by atoms with Gasteiger partial charge in [-0.05, 0) is 31.5 Å². The lowest BCUT2D eigenvalue weighted by atomic mass is 10.2. The lowest BCUT2D eigenvalue weighted by Gasteiger charge is -2.16. The van der Waals surface area contributed by atoms with E-state index in [1.807, 2.05) is 24.3 Å². The van der Waals surface area contributed by atoms with E-state index in [4.69, 9.17) is 15.2 Å². The minimum atomic E-state index is -0.315. The number of rotatable bonds is 9. The van der Waals surface area contributed by atoms with Crippen LogP contribution in [0.15, 0.2) is 47.7 Å². The Morgan fingerprint density at radius 1 is 1.25 bits per heavy atom. The van der Waals surface area contributed by atoms with E-state index >= 15 is 0 Å². The molecule has 168 valence electrons. The molecule has 32 heavy (non-hydrogen) atoms. The Morgan fingerprint density at radius 2 is 2.16 bits per heavy atom. The van der Waals surface area contributed by atoms with Crippen molar-refractivity contribution in [3.05, 3.63) is 48.6 Å².